The minimum absolute atomic E-state index is 0.0570. The molecule has 22 heavy (non-hydrogen) atoms. The summed E-state index contributed by atoms with van der Waals surface area (Å²) in [5.41, 5.74) is 0.630. The van der Waals surface area contributed by atoms with E-state index in [1.807, 2.05) is 22.6 Å². The molecule has 1 aliphatic heterocycles. The molecule has 0 radical (unpaired) electrons. The highest BCUT2D eigenvalue weighted by atomic mass is 35.5. The van der Waals surface area contributed by atoms with Crippen molar-refractivity contribution in [2.24, 2.45) is 7.05 Å². The molecular weight excluding hydrogens is 305 g/mol. The highest BCUT2D eigenvalue weighted by Crippen LogP contribution is 2.33. The summed E-state index contributed by atoms with van der Waals surface area (Å²) in [6.45, 7) is 1.46. The van der Waals surface area contributed by atoms with E-state index in [1.54, 1.807) is 12.4 Å². The van der Waals surface area contributed by atoms with E-state index in [-0.39, 0.29) is 5.56 Å². The van der Waals surface area contributed by atoms with Crippen LogP contribution < -0.4 is 4.90 Å². The Kier molecular flexibility index (Phi) is 3.99. The van der Waals surface area contributed by atoms with Gasteiger partial charge in [-0.25, -0.2) is 4.39 Å². The van der Waals surface area contributed by atoms with Crippen LogP contribution in [0.1, 0.15) is 30.1 Å². The monoisotopic (exact) mass is 319 g/mol. The van der Waals surface area contributed by atoms with Gasteiger partial charge in [0, 0.05) is 31.1 Å². The average Bonchev–Trinajstić information content (AvgIpc) is 2.93. The van der Waals surface area contributed by atoms with E-state index in [1.165, 1.54) is 6.07 Å². The van der Waals surface area contributed by atoms with Gasteiger partial charge in [0.25, 0.3) is 0 Å². The van der Waals surface area contributed by atoms with Crippen molar-refractivity contribution in [1.29, 1.82) is 5.26 Å². The second-order valence-corrected chi connectivity index (χ2v) is 5.89. The minimum Gasteiger partial charge on any atom is -0.370 e. The topological polar surface area (TPSA) is 57.7 Å². The van der Waals surface area contributed by atoms with Gasteiger partial charge in [-0.05, 0) is 25.0 Å². The lowest BCUT2D eigenvalue weighted by molar-refractivity contribution is 0.473. The first-order valence-corrected chi connectivity index (χ1v) is 7.46. The standard InChI is InChI=1S/C15H15ClFN5/c1-21-9-19-20-15(21)10-2-4-22(5-3-10)14-7-11(16)6-13(17)12(14)8-18/h6-7,9-10H,2-5H2,1H3. The number of rotatable bonds is 2. The maximum absolute atomic E-state index is 13.9. The van der Waals surface area contributed by atoms with Crippen LogP contribution in [0.3, 0.4) is 0 Å². The molecule has 0 spiro atoms. The summed E-state index contributed by atoms with van der Waals surface area (Å²) in [6, 6.07) is 4.77. The van der Waals surface area contributed by atoms with Gasteiger partial charge in [-0.15, -0.1) is 10.2 Å². The number of anilines is 1. The molecule has 0 N–H and O–H groups in total. The second-order valence-electron chi connectivity index (χ2n) is 5.45. The fraction of sp³-hybridized carbons (Fsp3) is 0.400. The molecule has 1 aromatic carbocycles. The van der Waals surface area contributed by atoms with Crippen LogP contribution >= 0.6 is 11.6 Å². The van der Waals surface area contributed by atoms with Crippen molar-refractivity contribution in [3.8, 4) is 6.07 Å². The third kappa shape index (κ3) is 2.64. The molecule has 5 nitrogen and oxygen atoms in total. The molecule has 2 heterocycles. The van der Waals surface area contributed by atoms with Crippen molar-refractivity contribution in [2.45, 2.75) is 18.8 Å². The summed E-state index contributed by atoms with van der Waals surface area (Å²) in [5, 5.41) is 17.6. The lowest BCUT2D eigenvalue weighted by Crippen LogP contribution is -2.34. The number of halogens is 2. The first-order chi connectivity index (χ1) is 10.6. The molecule has 3 rings (SSSR count). The smallest absolute Gasteiger partial charge is 0.144 e. The maximum atomic E-state index is 13.9. The SMILES string of the molecule is Cn1cnnc1C1CCN(c2cc(Cl)cc(F)c2C#N)CC1. The molecule has 2 aromatic rings. The van der Waals surface area contributed by atoms with Crippen molar-refractivity contribution in [1.82, 2.24) is 14.8 Å². The Morgan fingerprint density at radius 1 is 1.36 bits per heavy atom. The van der Waals surface area contributed by atoms with Crippen LogP contribution in [0.15, 0.2) is 18.5 Å². The van der Waals surface area contributed by atoms with E-state index in [0.717, 1.165) is 31.8 Å². The fourth-order valence-electron chi connectivity index (χ4n) is 2.96. The Morgan fingerprint density at radius 3 is 2.68 bits per heavy atom. The first kappa shape index (κ1) is 14.8. The number of benzene rings is 1. The van der Waals surface area contributed by atoms with E-state index in [4.69, 9.17) is 11.6 Å². The van der Waals surface area contributed by atoms with Crippen LogP contribution in [0, 0.1) is 17.1 Å². The molecule has 0 unspecified atom stereocenters. The fourth-order valence-corrected chi connectivity index (χ4v) is 3.16. The van der Waals surface area contributed by atoms with Gasteiger partial charge < -0.3 is 9.47 Å². The van der Waals surface area contributed by atoms with Gasteiger partial charge >= 0.3 is 0 Å². The van der Waals surface area contributed by atoms with Crippen molar-refractivity contribution in [2.75, 3.05) is 18.0 Å². The van der Waals surface area contributed by atoms with Gasteiger partial charge in [0.1, 0.15) is 29.6 Å². The normalized spacial score (nSPS) is 15.8. The van der Waals surface area contributed by atoms with Crippen molar-refractivity contribution < 1.29 is 4.39 Å². The molecular formula is C15H15ClFN5. The number of hydrogen-bond donors (Lipinski definition) is 0. The molecule has 0 bridgehead atoms. The van der Waals surface area contributed by atoms with Crippen LogP contribution in [0.25, 0.3) is 0 Å². The van der Waals surface area contributed by atoms with Gasteiger partial charge in [-0.3, -0.25) is 0 Å². The van der Waals surface area contributed by atoms with E-state index < -0.39 is 5.82 Å². The van der Waals surface area contributed by atoms with Crippen LogP contribution in [-0.2, 0) is 7.05 Å². The van der Waals surface area contributed by atoms with Crippen molar-refractivity contribution in [3.05, 3.63) is 40.7 Å². The molecule has 1 aromatic heterocycles. The lowest BCUT2D eigenvalue weighted by atomic mass is 9.95. The summed E-state index contributed by atoms with van der Waals surface area (Å²) in [6.07, 6.45) is 3.46. The third-order valence-electron chi connectivity index (χ3n) is 4.09. The Bertz CT molecular complexity index is 728. The van der Waals surface area contributed by atoms with Crippen molar-refractivity contribution >= 4 is 17.3 Å². The molecule has 7 heteroatoms. The summed E-state index contributed by atoms with van der Waals surface area (Å²) in [4.78, 5) is 2.01. The molecule has 1 aliphatic rings. The van der Waals surface area contributed by atoms with Crippen LogP contribution in [0.2, 0.25) is 5.02 Å². The van der Waals surface area contributed by atoms with Gasteiger partial charge in [0.2, 0.25) is 0 Å². The average molecular weight is 320 g/mol. The lowest BCUT2D eigenvalue weighted by Gasteiger charge is -2.33. The highest BCUT2D eigenvalue weighted by Gasteiger charge is 2.26. The molecule has 1 fully saturated rings. The Hall–Kier alpha value is -2.13. The number of nitrogens with zero attached hydrogens (tertiary/aromatic N) is 5. The van der Waals surface area contributed by atoms with Gasteiger partial charge in [-0.1, -0.05) is 11.6 Å². The number of aromatic nitrogens is 3. The third-order valence-corrected chi connectivity index (χ3v) is 4.31. The van der Waals surface area contributed by atoms with Crippen molar-refractivity contribution in [3.63, 3.8) is 0 Å². The molecule has 0 aliphatic carbocycles. The zero-order valence-corrected chi connectivity index (χ0v) is 12.9. The summed E-state index contributed by atoms with van der Waals surface area (Å²) >= 11 is 5.93. The second kappa shape index (κ2) is 5.93. The molecule has 0 atom stereocenters. The van der Waals surface area contributed by atoms with Gasteiger partial charge in [-0.2, -0.15) is 5.26 Å². The van der Waals surface area contributed by atoms with Gasteiger partial charge in [0.05, 0.1) is 5.69 Å². The van der Waals surface area contributed by atoms with E-state index in [2.05, 4.69) is 10.2 Å². The minimum atomic E-state index is -0.569. The number of piperidine rings is 1. The Balaban J connectivity index is 1.80. The largest absolute Gasteiger partial charge is 0.370 e. The zero-order chi connectivity index (χ0) is 15.7. The number of aryl methyl sites for hydroxylation is 1. The summed E-state index contributed by atoms with van der Waals surface area (Å²) in [5.74, 6) is 0.733. The van der Waals surface area contributed by atoms with E-state index >= 15 is 0 Å². The van der Waals surface area contributed by atoms with Gasteiger partial charge in [0.15, 0.2) is 0 Å². The highest BCUT2D eigenvalue weighted by molar-refractivity contribution is 6.30. The molecule has 0 saturated carbocycles. The zero-order valence-electron chi connectivity index (χ0n) is 12.1. The van der Waals surface area contributed by atoms with Crippen LogP contribution in [0.4, 0.5) is 10.1 Å². The van der Waals surface area contributed by atoms with Crippen LogP contribution in [0.5, 0.6) is 0 Å². The quantitative estimate of drug-likeness (QED) is 0.854. The predicted octanol–water partition coefficient (Wildman–Crippen LogP) is 2.86. The van der Waals surface area contributed by atoms with E-state index in [0.29, 0.717) is 16.6 Å². The molecule has 114 valence electrons. The summed E-state index contributed by atoms with van der Waals surface area (Å²) < 4.78 is 15.8. The number of nitriles is 1. The predicted molar refractivity (Wildman–Crippen MR) is 81.3 cm³/mol. The molecule has 0 amide bonds. The molecule has 1 saturated heterocycles. The summed E-state index contributed by atoms with van der Waals surface area (Å²) in [7, 11) is 1.93. The van der Waals surface area contributed by atoms with E-state index in [9.17, 15) is 9.65 Å². The maximum Gasteiger partial charge on any atom is 0.144 e. The van der Waals surface area contributed by atoms with Crippen LogP contribution in [-0.4, -0.2) is 27.9 Å². The first-order valence-electron chi connectivity index (χ1n) is 7.08. The number of hydrogen-bond acceptors (Lipinski definition) is 4. The Labute approximate surface area is 132 Å². The Morgan fingerprint density at radius 2 is 2.09 bits per heavy atom.